The second-order valence-electron chi connectivity index (χ2n) is 5.33. The van der Waals surface area contributed by atoms with Crippen molar-refractivity contribution in [3.05, 3.63) is 23.8 Å². The van der Waals surface area contributed by atoms with Crippen LogP contribution in [0.25, 0.3) is 0 Å². The SMILES string of the molecule is CCN(C(=O)C1COc2ccc(S(N)(=O)=O)cc21)C(C)C. The van der Waals surface area contributed by atoms with Gasteiger partial charge in [0.2, 0.25) is 15.9 Å². The molecule has 1 aliphatic rings. The molecule has 2 rings (SSSR count). The molecule has 1 aromatic carbocycles. The number of rotatable bonds is 4. The highest BCUT2D eigenvalue weighted by molar-refractivity contribution is 7.89. The molecular formula is C14H20N2O4S. The number of hydrogen-bond donors (Lipinski definition) is 1. The molecule has 0 spiro atoms. The molecule has 0 radical (unpaired) electrons. The Hall–Kier alpha value is -1.60. The molecule has 21 heavy (non-hydrogen) atoms. The highest BCUT2D eigenvalue weighted by Crippen LogP contribution is 2.36. The Morgan fingerprint density at radius 2 is 2.14 bits per heavy atom. The number of likely N-dealkylation sites (N-methyl/N-ethyl adjacent to an activating group) is 1. The van der Waals surface area contributed by atoms with E-state index in [9.17, 15) is 13.2 Å². The molecule has 1 atom stereocenters. The minimum Gasteiger partial charge on any atom is -0.492 e. The van der Waals surface area contributed by atoms with Crippen LogP contribution in [0.2, 0.25) is 0 Å². The third-order valence-electron chi connectivity index (χ3n) is 3.64. The van der Waals surface area contributed by atoms with Gasteiger partial charge in [-0.1, -0.05) is 0 Å². The predicted molar refractivity (Wildman–Crippen MR) is 78.6 cm³/mol. The van der Waals surface area contributed by atoms with Crippen molar-refractivity contribution in [2.24, 2.45) is 5.14 Å². The second kappa shape index (κ2) is 5.65. The number of nitrogens with zero attached hydrogens (tertiary/aromatic N) is 1. The van der Waals surface area contributed by atoms with Crippen LogP contribution < -0.4 is 9.88 Å². The van der Waals surface area contributed by atoms with Crippen LogP contribution in [0.5, 0.6) is 5.75 Å². The lowest BCUT2D eigenvalue weighted by Crippen LogP contribution is -2.40. The Bertz CT molecular complexity index is 655. The number of benzene rings is 1. The van der Waals surface area contributed by atoms with Crippen molar-refractivity contribution in [2.75, 3.05) is 13.2 Å². The fraction of sp³-hybridized carbons (Fsp3) is 0.500. The van der Waals surface area contributed by atoms with Crippen molar-refractivity contribution in [3.63, 3.8) is 0 Å². The van der Waals surface area contributed by atoms with E-state index < -0.39 is 15.9 Å². The van der Waals surface area contributed by atoms with Crippen molar-refractivity contribution in [1.29, 1.82) is 0 Å². The lowest BCUT2D eigenvalue weighted by molar-refractivity contribution is -0.134. The van der Waals surface area contributed by atoms with Gasteiger partial charge in [0, 0.05) is 18.2 Å². The first-order valence-electron chi connectivity index (χ1n) is 6.85. The third-order valence-corrected chi connectivity index (χ3v) is 4.55. The molecule has 0 aliphatic carbocycles. The molecule has 1 aliphatic heterocycles. The van der Waals surface area contributed by atoms with Crippen LogP contribution in [0.3, 0.4) is 0 Å². The van der Waals surface area contributed by atoms with E-state index in [1.807, 2.05) is 20.8 Å². The lowest BCUT2D eigenvalue weighted by atomic mass is 9.99. The first kappa shape index (κ1) is 15.8. The number of carbonyl (C=O) groups excluding carboxylic acids is 1. The van der Waals surface area contributed by atoms with Crippen molar-refractivity contribution < 1.29 is 17.9 Å². The van der Waals surface area contributed by atoms with E-state index in [0.29, 0.717) is 17.9 Å². The number of hydrogen-bond acceptors (Lipinski definition) is 4. The van der Waals surface area contributed by atoms with Gasteiger partial charge < -0.3 is 9.64 Å². The van der Waals surface area contributed by atoms with Gasteiger partial charge in [-0.3, -0.25) is 4.79 Å². The average Bonchev–Trinajstić information content (AvgIpc) is 2.80. The van der Waals surface area contributed by atoms with Crippen molar-refractivity contribution in [3.8, 4) is 5.75 Å². The lowest BCUT2D eigenvalue weighted by Gasteiger charge is -2.27. The molecule has 0 saturated carbocycles. The topological polar surface area (TPSA) is 89.7 Å². The maximum Gasteiger partial charge on any atom is 0.238 e. The quantitative estimate of drug-likeness (QED) is 0.900. The summed E-state index contributed by atoms with van der Waals surface area (Å²) in [6, 6.07) is 4.46. The van der Waals surface area contributed by atoms with Crippen LogP contribution in [-0.2, 0) is 14.8 Å². The normalized spacial score (nSPS) is 17.5. The monoisotopic (exact) mass is 312 g/mol. The largest absolute Gasteiger partial charge is 0.492 e. The van der Waals surface area contributed by atoms with E-state index in [1.54, 1.807) is 11.0 Å². The minimum atomic E-state index is -3.80. The molecule has 7 heteroatoms. The van der Waals surface area contributed by atoms with Gasteiger partial charge in [-0.25, -0.2) is 13.6 Å². The number of primary sulfonamides is 1. The Morgan fingerprint density at radius 3 is 2.67 bits per heavy atom. The molecule has 1 heterocycles. The number of carbonyl (C=O) groups is 1. The van der Waals surface area contributed by atoms with Crippen LogP contribution in [0.1, 0.15) is 32.3 Å². The number of sulfonamides is 1. The van der Waals surface area contributed by atoms with E-state index >= 15 is 0 Å². The first-order chi connectivity index (χ1) is 9.75. The summed E-state index contributed by atoms with van der Waals surface area (Å²) in [5.41, 5.74) is 0.589. The Kier molecular flexibility index (Phi) is 4.25. The smallest absolute Gasteiger partial charge is 0.238 e. The molecule has 2 N–H and O–H groups in total. The fourth-order valence-corrected chi connectivity index (χ4v) is 3.10. The third kappa shape index (κ3) is 3.03. The molecule has 1 aromatic rings. The molecular weight excluding hydrogens is 292 g/mol. The van der Waals surface area contributed by atoms with Gasteiger partial charge in [0.1, 0.15) is 18.3 Å². The molecule has 6 nitrogen and oxygen atoms in total. The van der Waals surface area contributed by atoms with E-state index in [4.69, 9.17) is 9.88 Å². The van der Waals surface area contributed by atoms with Gasteiger partial charge in [-0.15, -0.1) is 0 Å². The van der Waals surface area contributed by atoms with Crippen molar-refractivity contribution in [2.45, 2.75) is 37.6 Å². The maximum atomic E-state index is 12.6. The highest BCUT2D eigenvalue weighted by atomic mass is 32.2. The van der Waals surface area contributed by atoms with Gasteiger partial charge in [-0.2, -0.15) is 0 Å². The fourth-order valence-electron chi connectivity index (χ4n) is 2.55. The molecule has 1 unspecified atom stereocenters. The van der Waals surface area contributed by atoms with Gasteiger partial charge >= 0.3 is 0 Å². The molecule has 1 amide bonds. The van der Waals surface area contributed by atoms with Crippen molar-refractivity contribution >= 4 is 15.9 Å². The maximum absolute atomic E-state index is 12.6. The van der Waals surface area contributed by atoms with Gasteiger partial charge in [0.05, 0.1) is 4.90 Å². The van der Waals surface area contributed by atoms with E-state index in [-0.39, 0.29) is 23.5 Å². The van der Waals surface area contributed by atoms with Crippen LogP contribution in [0.15, 0.2) is 23.1 Å². The van der Waals surface area contributed by atoms with Crippen LogP contribution in [0, 0.1) is 0 Å². The summed E-state index contributed by atoms with van der Waals surface area (Å²) in [7, 11) is -3.80. The summed E-state index contributed by atoms with van der Waals surface area (Å²) in [5, 5.41) is 5.14. The van der Waals surface area contributed by atoms with Gasteiger partial charge in [0.25, 0.3) is 0 Å². The summed E-state index contributed by atoms with van der Waals surface area (Å²) in [5.74, 6) is 0.00225. The summed E-state index contributed by atoms with van der Waals surface area (Å²) in [4.78, 5) is 14.3. The summed E-state index contributed by atoms with van der Waals surface area (Å²) in [6.45, 7) is 6.62. The van der Waals surface area contributed by atoms with Crippen LogP contribution >= 0.6 is 0 Å². The molecule has 0 bridgehead atoms. The zero-order valence-electron chi connectivity index (χ0n) is 12.4. The number of nitrogens with two attached hydrogens (primary N) is 1. The van der Waals surface area contributed by atoms with E-state index in [1.165, 1.54) is 12.1 Å². The average molecular weight is 312 g/mol. The van der Waals surface area contributed by atoms with Crippen molar-refractivity contribution in [1.82, 2.24) is 4.90 Å². The van der Waals surface area contributed by atoms with E-state index in [0.717, 1.165) is 0 Å². The predicted octanol–water partition coefficient (Wildman–Crippen LogP) is 1.07. The number of amides is 1. The molecule has 0 aromatic heterocycles. The summed E-state index contributed by atoms with van der Waals surface area (Å²) < 4.78 is 28.4. The van der Waals surface area contributed by atoms with Crippen LogP contribution in [-0.4, -0.2) is 38.4 Å². The molecule has 0 fully saturated rings. The Morgan fingerprint density at radius 1 is 1.48 bits per heavy atom. The van der Waals surface area contributed by atoms with Gasteiger partial charge in [0.15, 0.2) is 0 Å². The summed E-state index contributed by atoms with van der Waals surface area (Å²) in [6.07, 6.45) is 0. The summed E-state index contributed by atoms with van der Waals surface area (Å²) >= 11 is 0. The molecule has 116 valence electrons. The highest BCUT2D eigenvalue weighted by Gasteiger charge is 2.34. The second-order valence-corrected chi connectivity index (χ2v) is 6.89. The van der Waals surface area contributed by atoms with Gasteiger partial charge in [-0.05, 0) is 39.0 Å². The Labute approximate surface area is 124 Å². The van der Waals surface area contributed by atoms with E-state index in [2.05, 4.69) is 0 Å². The zero-order valence-corrected chi connectivity index (χ0v) is 13.2. The minimum absolute atomic E-state index is 0.00264. The standard InChI is InChI=1S/C14H20N2O4S/c1-4-16(9(2)3)14(17)12-8-20-13-6-5-10(7-11(12)13)21(15,18)19/h5-7,9,12H,4,8H2,1-3H3,(H2,15,18,19). The Balaban J connectivity index is 2.39. The van der Waals surface area contributed by atoms with Crippen LogP contribution in [0.4, 0.5) is 0 Å². The number of ether oxygens (including phenoxy) is 1. The number of fused-ring (bicyclic) bond motifs is 1. The molecule has 0 saturated heterocycles. The zero-order chi connectivity index (χ0) is 15.8. The first-order valence-corrected chi connectivity index (χ1v) is 8.40.